The number of rotatable bonds is 7. The van der Waals surface area contributed by atoms with Crippen molar-refractivity contribution in [3.05, 3.63) is 35.7 Å². The fraction of sp³-hybridized carbons (Fsp3) is 0.562. The van der Waals surface area contributed by atoms with Crippen molar-refractivity contribution in [1.29, 1.82) is 0 Å². The Kier molecular flexibility index (Phi) is 5.27. The van der Waals surface area contributed by atoms with Crippen LogP contribution in [0, 0.1) is 0 Å². The summed E-state index contributed by atoms with van der Waals surface area (Å²) >= 11 is 0. The van der Waals surface area contributed by atoms with Gasteiger partial charge in [0.25, 0.3) is 11.8 Å². The van der Waals surface area contributed by atoms with Crippen LogP contribution in [0.15, 0.2) is 22.9 Å². The Morgan fingerprint density at radius 1 is 1.46 bits per heavy atom. The third kappa shape index (κ3) is 3.49. The Balaban J connectivity index is 1.66. The summed E-state index contributed by atoms with van der Waals surface area (Å²) < 4.78 is 17.3. The molecule has 0 aliphatic carbocycles. The highest BCUT2D eigenvalue weighted by atomic mass is 16.5. The normalized spacial score (nSPS) is 17.6. The van der Waals surface area contributed by atoms with Crippen LogP contribution in [0.4, 0.5) is 0 Å². The first-order chi connectivity index (χ1) is 11.7. The number of ether oxygens (including phenoxy) is 2. The molecule has 1 unspecified atom stereocenters. The van der Waals surface area contributed by atoms with E-state index in [0.717, 1.165) is 12.8 Å². The molecule has 3 heterocycles. The van der Waals surface area contributed by atoms with Crippen molar-refractivity contribution in [3.63, 3.8) is 0 Å². The molecule has 8 heteroatoms. The molecule has 24 heavy (non-hydrogen) atoms. The number of carbonyl (C=O) groups is 1. The van der Waals surface area contributed by atoms with E-state index in [0.29, 0.717) is 37.2 Å². The van der Waals surface area contributed by atoms with Crippen molar-refractivity contribution >= 4 is 5.91 Å². The minimum atomic E-state index is -0.149. The lowest BCUT2D eigenvalue weighted by molar-refractivity contribution is 0.0494. The van der Waals surface area contributed by atoms with E-state index in [1.54, 1.807) is 7.11 Å². The molecule has 0 radical (unpaired) electrons. The van der Waals surface area contributed by atoms with E-state index in [4.69, 9.17) is 14.0 Å². The third-order valence-corrected chi connectivity index (χ3v) is 4.12. The molecule has 0 saturated carbocycles. The van der Waals surface area contributed by atoms with Crippen molar-refractivity contribution in [2.75, 3.05) is 26.9 Å². The molecule has 0 spiro atoms. The molecule has 0 N–H and O–H groups in total. The summed E-state index contributed by atoms with van der Waals surface area (Å²) in [6.45, 7) is 1.93. The van der Waals surface area contributed by atoms with Crippen molar-refractivity contribution in [2.24, 2.45) is 7.05 Å². The van der Waals surface area contributed by atoms with Gasteiger partial charge in [-0.1, -0.05) is 5.16 Å². The minimum absolute atomic E-state index is 0.00676. The molecule has 8 nitrogen and oxygen atoms in total. The lowest BCUT2D eigenvalue weighted by Gasteiger charge is -2.22. The van der Waals surface area contributed by atoms with Crippen molar-refractivity contribution in [2.45, 2.75) is 25.5 Å². The Morgan fingerprint density at radius 3 is 3.08 bits per heavy atom. The zero-order valence-corrected chi connectivity index (χ0v) is 14.0. The fourth-order valence-corrected chi connectivity index (χ4v) is 2.87. The number of hydrogen-bond donors (Lipinski definition) is 0. The van der Waals surface area contributed by atoms with Crippen LogP contribution < -0.4 is 0 Å². The number of amides is 1. The van der Waals surface area contributed by atoms with Crippen molar-refractivity contribution in [1.82, 2.24) is 19.6 Å². The second-order valence-corrected chi connectivity index (χ2v) is 5.75. The van der Waals surface area contributed by atoms with Crippen LogP contribution in [0.5, 0.6) is 0 Å². The molecule has 1 saturated heterocycles. The Bertz CT molecular complexity index is 681. The van der Waals surface area contributed by atoms with Crippen LogP contribution in [-0.2, 0) is 23.1 Å². The highest BCUT2D eigenvalue weighted by Gasteiger charge is 2.34. The molecule has 130 valence electrons. The number of carbonyl (C=O) groups excluding carboxylic acids is 1. The van der Waals surface area contributed by atoms with Crippen LogP contribution in [-0.4, -0.2) is 52.4 Å². The van der Waals surface area contributed by atoms with Crippen LogP contribution in [0.2, 0.25) is 0 Å². The average molecular weight is 334 g/mol. The monoisotopic (exact) mass is 334 g/mol. The molecule has 1 amide bonds. The Morgan fingerprint density at radius 2 is 2.33 bits per heavy atom. The van der Waals surface area contributed by atoms with Crippen LogP contribution in [0.1, 0.15) is 41.1 Å². The first-order valence-corrected chi connectivity index (χ1v) is 8.02. The molecule has 0 aromatic carbocycles. The predicted octanol–water partition coefficient (Wildman–Crippen LogP) is 1.55. The standard InChI is InChI=1S/C16H22N4O4/c1-19-7-3-6-13(19)16(21)20-8-4-5-12(20)15-17-14(24-18-15)11-23-10-9-22-2/h3,6-7,12H,4-5,8-11H2,1-2H3. The largest absolute Gasteiger partial charge is 0.382 e. The number of nitrogens with zero attached hydrogens (tertiary/aromatic N) is 4. The maximum absolute atomic E-state index is 12.7. The van der Waals surface area contributed by atoms with Gasteiger partial charge < -0.3 is 23.5 Å². The molecule has 1 fully saturated rings. The van der Waals surface area contributed by atoms with Gasteiger partial charge in [-0.15, -0.1) is 0 Å². The van der Waals surface area contributed by atoms with Crippen LogP contribution >= 0.6 is 0 Å². The van der Waals surface area contributed by atoms with Gasteiger partial charge in [-0.3, -0.25) is 4.79 Å². The summed E-state index contributed by atoms with van der Waals surface area (Å²) in [6, 6.07) is 3.54. The van der Waals surface area contributed by atoms with Gasteiger partial charge in [0.05, 0.1) is 19.3 Å². The summed E-state index contributed by atoms with van der Waals surface area (Å²) in [5.74, 6) is 0.951. The quantitative estimate of drug-likeness (QED) is 0.715. The Labute approximate surface area is 140 Å². The molecular formula is C16H22N4O4. The van der Waals surface area contributed by atoms with Gasteiger partial charge in [-0.05, 0) is 25.0 Å². The molecule has 3 rings (SSSR count). The number of likely N-dealkylation sites (tertiary alicyclic amines) is 1. The molecular weight excluding hydrogens is 312 g/mol. The zero-order chi connectivity index (χ0) is 16.9. The van der Waals surface area contributed by atoms with E-state index in [1.807, 2.05) is 34.8 Å². The SMILES string of the molecule is COCCOCc1nc(C2CCCN2C(=O)c2cccn2C)no1. The van der Waals surface area contributed by atoms with Crippen LogP contribution in [0.3, 0.4) is 0 Å². The molecule has 2 aromatic heterocycles. The van der Waals surface area contributed by atoms with Gasteiger partial charge in [0, 0.05) is 26.9 Å². The fourth-order valence-electron chi connectivity index (χ4n) is 2.87. The van der Waals surface area contributed by atoms with Gasteiger partial charge in [-0.2, -0.15) is 4.98 Å². The van der Waals surface area contributed by atoms with E-state index in [1.165, 1.54) is 0 Å². The topological polar surface area (TPSA) is 82.6 Å². The molecule has 1 atom stereocenters. The van der Waals surface area contributed by atoms with E-state index in [-0.39, 0.29) is 18.6 Å². The summed E-state index contributed by atoms with van der Waals surface area (Å²) in [7, 11) is 3.48. The van der Waals surface area contributed by atoms with Crippen LogP contribution in [0.25, 0.3) is 0 Å². The first kappa shape index (κ1) is 16.7. The van der Waals surface area contributed by atoms with Gasteiger partial charge in [-0.25, -0.2) is 0 Å². The van der Waals surface area contributed by atoms with Crippen molar-refractivity contribution < 1.29 is 18.8 Å². The summed E-state index contributed by atoms with van der Waals surface area (Å²) in [5.41, 5.74) is 0.661. The number of aryl methyl sites for hydroxylation is 1. The van der Waals surface area contributed by atoms with Gasteiger partial charge >= 0.3 is 0 Å². The van der Waals surface area contributed by atoms with E-state index < -0.39 is 0 Å². The molecule has 1 aliphatic heterocycles. The van der Waals surface area contributed by atoms with E-state index >= 15 is 0 Å². The van der Waals surface area contributed by atoms with Gasteiger partial charge in [0.2, 0.25) is 0 Å². The first-order valence-electron chi connectivity index (χ1n) is 8.02. The maximum atomic E-state index is 12.7. The minimum Gasteiger partial charge on any atom is -0.382 e. The summed E-state index contributed by atoms with van der Waals surface area (Å²) in [4.78, 5) is 18.9. The summed E-state index contributed by atoms with van der Waals surface area (Å²) in [5, 5.41) is 4.04. The Hall–Kier alpha value is -2.19. The maximum Gasteiger partial charge on any atom is 0.271 e. The molecule has 1 aliphatic rings. The third-order valence-electron chi connectivity index (χ3n) is 4.12. The second kappa shape index (κ2) is 7.59. The predicted molar refractivity (Wildman–Crippen MR) is 84.3 cm³/mol. The molecule has 2 aromatic rings. The lowest BCUT2D eigenvalue weighted by atomic mass is 10.2. The number of hydrogen-bond acceptors (Lipinski definition) is 6. The van der Waals surface area contributed by atoms with Gasteiger partial charge in [0.1, 0.15) is 12.3 Å². The molecule has 0 bridgehead atoms. The number of aromatic nitrogens is 3. The highest BCUT2D eigenvalue weighted by Crippen LogP contribution is 2.31. The average Bonchev–Trinajstić information content (AvgIpc) is 3.30. The smallest absolute Gasteiger partial charge is 0.271 e. The summed E-state index contributed by atoms with van der Waals surface area (Å²) in [6.07, 6.45) is 3.62. The second-order valence-electron chi connectivity index (χ2n) is 5.75. The lowest BCUT2D eigenvalue weighted by Crippen LogP contribution is -2.32. The van der Waals surface area contributed by atoms with Gasteiger partial charge in [0.15, 0.2) is 5.82 Å². The number of methoxy groups -OCH3 is 1. The van der Waals surface area contributed by atoms with Crippen molar-refractivity contribution in [3.8, 4) is 0 Å². The zero-order valence-electron chi connectivity index (χ0n) is 14.0. The van der Waals surface area contributed by atoms with E-state index in [2.05, 4.69) is 10.1 Å². The highest BCUT2D eigenvalue weighted by molar-refractivity contribution is 5.93. The van der Waals surface area contributed by atoms with E-state index in [9.17, 15) is 4.79 Å².